The highest BCUT2D eigenvalue weighted by Crippen LogP contribution is 2.23. The van der Waals surface area contributed by atoms with Gasteiger partial charge in [0.05, 0.1) is 18.6 Å². The number of amides is 2. The lowest BCUT2D eigenvalue weighted by Crippen LogP contribution is -2.53. The molecule has 3 rings (SSSR count). The van der Waals surface area contributed by atoms with Crippen molar-refractivity contribution in [3.8, 4) is 5.75 Å². The fourth-order valence-electron chi connectivity index (χ4n) is 4.22. The molecule has 0 fully saturated rings. The highest BCUT2D eigenvalue weighted by molar-refractivity contribution is 7.92. The van der Waals surface area contributed by atoms with Crippen LogP contribution in [0.5, 0.6) is 5.75 Å². The quantitative estimate of drug-likeness (QED) is 0.315. The fraction of sp³-hybridized carbons (Fsp3) is 0.333. The van der Waals surface area contributed by atoms with Crippen LogP contribution in [0.15, 0.2) is 78.9 Å². The largest absolute Gasteiger partial charge is 0.494 e. The molecule has 0 aliphatic rings. The van der Waals surface area contributed by atoms with Gasteiger partial charge >= 0.3 is 0 Å². The maximum Gasteiger partial charge on any atom is 0.244 e. The van der Waals surface area contributed by atoms with E-state index < -0.39 is 40.2 Å². The molecule has 0 heterocycles. The van der Waals surface area contributed by atoms with Gasteiger partial charge in [-0.25, -0.2) is 12.8 Å². The summed E-state index contributed by atoms with van der Waals surface area (Å²) in [4.78, 5) is 28.7. The van der Waals surface area contributed by atoms with Crippen molar-refractivity contribution in [2.75, 3.05) is 30.3 Å². The van der Waals surface area contributed by atoms with Gasteiger partial charge in [-0.05, 0) is 49.2 Å². The summed E-state index contributed by atoms with van der Waals surface area (Å²) in [5.41, 5.74) is 1.28. The first-order valence-corrected chi connectivity index (χ1v) is 15.0. The molecular formula is C30H36FN3O5S. The second-order valence-electron chi connectivity index (χ2n) is 9.31. The minimum atomic E-state index is -3.90. The number of rotatable bonds is 14. The van der Waals surface area contributed by atoms with E-state index in [-0.39, 0.29) is 24.2 Å². The van der Waals surface area contributed by atoms with E-state index in [4.69, 9.17) is 4.74 Å². The number of carbonyl (C=O) groups excluding carboxylic acids is 2. The van der Waals surface area contributed by atoms with E-state index in [0.29, 0.717) is 25.3 Å². The average molecular weight is 570 g/mol. The summed E-state index contributed by atoms with van der Waals surface area (Å²) < 4.78 is 46.9. The first-order chi connectivity index (χ1) is 19.1. The number of carbonyl (C=O) groups is 2. The minimum absolute atomic E-state index is 0.165. The molecule has 8 nitrogen and oxygen atoms in total. The van der Waals surface area contributed by atoms with Gasteiger partial charge in [-0.2, -0.15) is 0 Å². The van der Waals surface area contributed by atoms with Crippen LogP contribution in [0.25, 0.3) is 0 Å². The molecule has 0 bridgehead atoms. The molecule has 40 heavy (non-hydrogen) atoms. The molecule has 0 aliphatic heterocycles. The Morgan fingerprint density at radius 2 is 1.60 bits per heavy atom. The van der Waals surface area contributed by atoms with E-state index in [1.807, 2.05) is 44.2 Å². The van der Waals surface area contributed by atoms with Crippen LogP contribution in [0.1, 0.15) is 31.4 Å². The van der Waals surface area contributed by atoms with E-state index in [9.17, 15) is 22.4 Å². The van der Waals surface area contributed by atoms with E-state index in [1.54, 1.807) is 36.4 Å². The third kappa shape index (κ3) is 8.54. The summed E-state index contributed by atoms with van der Waals surface area (Å²) >= 11 is 0. The van der Waals surface area contributed by atoms with Crippen LogP contribution in [0.2, 0.25) is 0 Å². The molecular weight excluding hydrogens is 533 g/mol. The topological polar surface area (TPSA) is 96.0 Å². The van der Waals surface area contributed by atoms with Gasteiger partial charge in [-0.15, -0.1) is 0 Å². The van der Waals surface area contributed by atoms with Crippen LogP contribution >= 0.6 is 0 Å². The Hall–Kier alpha value is -3.92. The zero-order chi connectivity index (χ0) is 29.1. The molecule has 0 saturated carbocycles. The molecule has 0 aliphatic carbocycles. The van der Waals surface area contributed by atoms with Crippen molar-refractivity contribution < 1.29 is 27.1 Å². The van der Waals surface area contributed by atoms with Crippen LogP contribution in [0.3, 0.4) is 0 Å². The Morgan fingerprint density at radius 1 is 0.950 bits per heavy atom. The van der Waals surface area contributed by atoms with E-state index in [2.05, 4.69) is 5.32 Å². The summed E-state index contributed by atoms with van der Waals surface area (Å²) in [7, 11) is -3.90. The van der Waals surface area contributed by atoms with Gasteiger partial charge in [-0.1, -0.05) is 55.5 Å². The fourth-order valence-corrected chi connectivity index (χ4v) is 5.07. The van der Waals surface area contributed by atoms with Crippen molar-refractivity contribution in [3.63, 3.8) is 0 Å². The molecule has 214 valence electrons. The predicted molar refractivity (Wildman–Crippen MR) is 154 cm³/mol. The van der Waals surface area contributed by atoms with Crippen LogP contribution in [-0.4, -0.2) is 57.1 Å². The van der Waals surface area contributed by atoms with E-state index in [1.165, 1.54) is 17.0 Å². The van der Waals surface area contributed by atoms with Gasteiger partial charge in [0.15, 0.2) is 0 Å². The predicted octanol–water partition coefficient (Wildman–Crippen LogP) is 4.16. The number of anilines is 1. The highest BCUT2D eigenvalue weighted by Gasteiger charge is 2.33. The molecule has 0 unspecified atom stereocenters. The number of nitrogens with zero attached hydrogens (tertiary/aromatic N) is 2. The highest BCUT2D eigenvalue weighted by atomic mass is 32.2. The van der Waals surface area contributed by atoms with Crippen molar-refractivity contribution in [2.24, 2.45) is 0 Å². The molecule has 1 N–H and O–H groups in total. The lowest BCUT2D eigenvalue weighted by Gasteiger charge is -2.33. The monoisotopic (exact) mass is 569 g/mol. The molecule has 1 atom stereocenters. The first-order valence-electron chi connectivity index (χ1n) is 13.2. The Balaban J connectivity index is 2.03. The summed E-state index contributed by atoms with van der Waals surface area (Å²) in [6, 6.07) is 20.5. The maximum absolute atomic E-state index is 14.8. The summed E-state index contributed by atoms with van der Waals surface area (Å²) in [5, 5.41) is 2.85. The van der Waals surface area contributed by atoms with Gasteiger partial charge in [0.25, 0.3) is 0 Å². The average Bonchev–Trinajstić information content (AvgIpc) is 2.93. The normalized spacial score (nSPS) is 11.9. The van der Waals surface area contributed by atoms with Gasteiger partial charge in [0.1, 0.15) is 24.2 Å². The maximum atomic E-state index is 14.8. The minimum Gasteiger partial charge on any atom is -0.494 e. The Kier molecular flexibility index (Phi) is 11.1. The molecule has 0 saturated heterocycles. The second-order valence-corrected chi connectivity index (χ2v) is 11.2. The SMILES string of the molecule is CCCNC(=O)[C@@H](Cc1ccccc1)N(Cc1ccccc1F)C(=O)CN(c1ccc(OCC)cc1)S(C)(=O)=O. The molecule has 0 spiro atoms. The number of halogens is 1. The van der Waals surface area contributed by atoms with Crippen LogP contribution in [0.4, 0.5) is 10.1 Å². The number of hydrogen-bond acceptors (Lipinski definition) is 5. The number of nitrogens with one attached hydrogen (secondary N) is 1. The number of sulfonamides is 1. The van der Waals surface area contributed by atoms with Crippen LogP contribution < -0.4 is 14.4 Å². The summed E-state index contributed by atoms with van der Waals surface area (Å²) in [5.74, 6) is -1.01. The molecule has 10 heteroatoms. The zero-order valence-corrected chi connectivity index (χ0v) is 23.9. The Morgan fingerprint density at radius 3 is 2.20 bits per heavy atom. The summed E-state index contributed by atoms with van der Waals surface area (Å²) in [6.07, 6.45) is 1.86. The van der Waals surface area contributed by atoms with Crippen molar-refractivity contribution in [2.45, 2.75) is 39.3 Å². The second kappa shape index (κ2) is 14.5. The van der Waals surface area contributed by atoms with E-state index >= 15 is 0 Å². The molecule has 3 aromatic carbocycles. The number of hydrogen-bond donors (Lipinski definition) is 1. The molecule has 0 radical (unpaired) electrons. The Bertz CT molecular complexity index is 1370. The van der Waals surface area contributed by atoms with Crippen molar-refractivity contribution in [1.82, 2.24) is 10.2 Å². The van der Waals surface area contributed by atoms with Gasteiger partial charge < -0.3 is 15.0 Å². The number of benzene rings is 3. The van der Waals surface area contributed by atoms with Crippen LogP contribution in [-0.2, 0) is 32.6 Å². The number of ether oxygens (including phenoxy) is 1. The lowest BCUT2D eigenvalue weighted by molar-refractivity contribution is -0.140. The van der Waals surface area contributed by atoms with Gasteiger partial charge in [0, 0.05) is 25.1 Å². The summed E-state index contributed by atoms with van der Waals surface area (Å²) in [6.45, 7) is 3.80. The third-order valence-electron chi connectivity index (χ3n) is 6.23. The lowest BCUT2D eigenvalue weighted by atomic mass is 10.0. The first kappa shape index (κ1) is 30.6. The third-order valence-corrected chi connectivity index (χ3v) is 7.37. The smallest absolute Gasteiger partial charge is 0.244 e. The van der Waals surface area contributed by atoms with Crippen molar-refractivity contribution in [1.29, 1.82) is 0 Å². The van der Waals surface area contributed by atoms with Crippen LogP contribution in [0, 0.1) is 5.82 Å². The zero-order valence-electron chi connectivity index (χ0n) is 23.0. The van der Waals surface area contributed by atoms with Gasteiger partial charge in [0.2, 0.25) is 21.8 Å². The molecule has 3 aromatic rings. The molecule has 2 amide bonds. The Labute approximate surface area is 235 Å². The van der Waals surface area contributed by atoms with E-state index in [0.717, 1.165) is 16.1 Å². The standard InChI is InChI=1S/C30H36FN3O5S/c1-4-19-32-30(36)28(20-23-11-7-6-8-12-23)33(21-24-13-9-10-14-27(24)31)29(35)22-34(40(3,37)38)25-15-17-26(18-16-25)39-5-2/h6-18,28H,4-5,19-22H2,1-3H3,(H,32,36)/t28-/m1/s1. The van der Waals surface area contributed by atoms with Gasteiger partial charge in [-0.3, -0.25) is 13.9 Å². The van der Waals surface area contributed by atoms with Crippen molar-refractivity contribution in [3.05, 3.63) is 95.8 Å². The van der Waals surface area contributed by atoms with Crippen molar-refractivity contribution >= 4 is 27.5 Å². The molecule has 0 aromatic heterocycles.